The van der Waals surface area contributed by atoms with Gasteiger partial charge in [0, 0.05) is 13.1 Å². The van der Waals surface area contributed by atoms with Crippen molar-refractivity contribution in [1.82, 2.24) is 4.90 Å². The Morgan fingerprint density at radius 3 is 2.37 bits per heavy atom. The van der Waals surface area contributed by atoms with E-state index in [1.807, 2.05) is 37.3 Å². The smallest absolute Gasteiger partial charge is 0.131 e. The van der Waals surface area contributed by atoms with Gasteiger partial charge in [0.05, 0.1) is 5.41 Å². The number of nitrogens with zero attached hydrogens (tertiary/aromatic N) is 1. The molecule has 0 spiro atoms. The summed E-state index contributed by atoms with van der Waals surface area (Å²) in [7, 11) is 0. The number of likely N-dealkylation sites (N-methyl/N-ethyl adjacent to an activating group) is 1. The van der Waals surface area contributed by atoms with Gasteiger partial charge >= 0.3 is 0 Å². The van der Waals surface area contributed by atoms with Crippen LogP contribution in [0, 0.1) is 5.92 Å². The van der Waals surface area contributed by atoms with Gasteiger partial charge in [-0.2, -0.15) is 0 Å². The first-order chi connectivity index (χ1) is 9.05. The maximum atomic E-state index is 11.6. The highest BCUT2D eigenvalue weighted by atomic mass is 16.1. The van der Waals surface area contributed by atoms with E-state index < -0.39 is 5.41 Å². The lowest BCUT2D eigenvalue weighted by atomic mass is 9.83. The molecule has 2 heteroatoms. The van der Waals surface area contributed by atoms with E-state index >= 15 is 0 Å². The minimum Gasteiger partial charge on any atom is -0.302 e. The first kappa shape index (κ1) is 15.9. The molecule has 0 aliphatic rings. The molecule has 0 radical (unpaired) electrons. The maximum absolute atomic E-state index is 11.6. The third-order valence-corrected chi connectivity index (χ3v) is 3.96. The maximum Gasteiger partial charge on any atom is 0.131 e. The number of aldehydes is 1. The molecule has 0 aliphatic carbocycles. The zero-order valence-electron chi connectivity index (χ0n) is 12.7. The fourth-order valence-electron chi connectivity index (χ4n) is 2.36. The van der Waals surface area contributed by atoms with E-state index in [9.17, 15) is 4.79 Å². The van der Waals surface area contributed by atoms with Gasteiger partial charge in [-0.05, 0) is 24.9 Å². The Labute approximate surface area is 117 Å². The lowest BCUT2D eigenvalue weighted by Crippen LogP contribution is -2.41. The summed E-state index contributed by atoms with van der Waals surface area (Å²) < 4.78 is 0. The van der Waals surface area contributed by atoms with Crippen LogP contribution in [0.5, 0.6) is 0 Å². The Kier molecular flexibility index (Phi) is 6.23. The molecule has 1 aromatic rings. The summed E-state index contributed by atoms with van der Waals surface area (Å²) in [4.78, 5) is 14.0. The molecule has 0 aliphatic heterocycles. The molecule has 0 fully saturated rings. The Morgan fingerprint density at radius 2 is 1.89 bits per heavy atom. The number of hydrogen-bond donors (Lipinski definition) is 0. The van der Waals surface area contributed by atoms with Gasteiger partial charge in [-0.25, -0.2) is 0 Å². The normalized spacial score (nSPS) is 16.1. The molecule has 2 atom stereocenters. The standard InChI is InChI=1S/C17H27NO/c1-5-15(3)12-18(6-2)13-17(4,14-19)16-10-8-7-9-11-16/h7-11,14-15H,5-6,12-13H2,1-4H3. The number of carbonyl (C=O) groups is 1. The van der Waals surface area contributed by atoms with Crippen molar-refractivity contribution in [2.75, 3.05) is 19.6 Å². The number of hydrogen-bond acceptors (Lipinski definition) is 2. The second kappa shape index (κ2) is 7.44. The quantitative estimate of drug-likeness (QED) is 0.667. The molecular formula is C17H27NO. The van der Waals surface area contributed by atoms with Crippen LogP contribution in [0.3, 0.4) is 0 Å². The van der Waals surface area contributed by atoms with Crippen molar-refractivity contribution in [1.29, 1.82) is 0 Å². The second-order valence-corrected chi connectivity index (χ2v) is 5.74. The van der Waals surface area contributed by atoms with E-state index in [0.29, 0.717) is 5.92 Å². The van der Waals surface area contributed by atoms with Crippen LogP contribution in [0.4, 0.5) is 0 Å². The van der Waals surface area contributed by atoms with Gasteiger partial charge in [-0.1, -0.05) is 57.5 Å². The number of benzene rings is 1. The van der Waals surface area contributed by atoms with Crippen LogP contribution in [0.1, 0.15) is 39.7 Å². The molecule has 0 saturated carbocycles. The molecule has 0 heterocycles. The van der Waals surface area contributed by atoms with Crippen LogP contribution in [0.15, 0.2) is 30.3 Å². The molecule has 2 nitrogen and oxygen atoms in total. The van der Waals surface area contributed by atoms with Crippen molar-refractivity contribution in [2.45, 2.75) is 39.5 Å². The Bertz CT molecular complexity index is 376. The van der Waals surface area contributed by atoms with E-state index in [0.717, 1.165) is 31.5 Å². The zero-order valence-corrected chi connectivity index (χ0v) is 12.7. The van der Waals surface area contributed by atoms with Crippen LogP contribution in [0.25, 0.3) is 0 Å². The van der Waals surface area contributed by atoms with Crippen LogP contribution in [-0.2, 0) is 10.2 Å². The van der Waals surface area contributed by atoms with Crippen molar-refractivity contribution in [3.05, 3.63) is 35.9 Å². The van der Waals surface area contributed by atoms with Crippen molar-refractivity contribution < 1.29 is 4.79 Å². The monoisotopic (exact) mass is 261 g/mol. The van der Waals surface area contributed by atoms with Gasteiger partial charge in [0.25, 0.3) is 0 Å². The van der Waals surface area contributed by atoms with Crippen molar-refractivity contribution in [3.63, 3.8) is 0 Å². The fourth-order valence-corrected chi connectivity index (χ4v) is 2.36. The van der Waals surface area contributed by atoms with Gasteiger partial charge in [-0.15, -0.1) is 0 Å². The molecule has 106 valence electrons. The van der Waals surface area contributed by atoms with E-state index in [2.05, 4.69) is 25.7 Å². The minimum absolute atomic E-state index is 0.412. The van der Waals surface area contributed by atoms with Gasteiger partial charge in [0.2, 0.25) is 0 Å². The van der Waals surface area contributed by atoms with Crippen LogP contribution in [0.2, 0.25) is 0 Å². The molecule has 19 heavy (non-hydrogen) atoms. The van der Waals surface area contributed by atoms with Crippen LogP contribution >= 0.6 is 0 Å². The summed E-state index contributed by atoms with van der Waals surface area (Å²) in [6.07, 6.45) is 2.28. The third-order valence-electron chi connectivity index (χ3n) is 3.96. The van der Waals surface area contributed by atoms with E-state index in [1.165, 1.54) is 6.42 Å². The highest BCUT2D eigenvalue weighted by molar-refractivity contribution is 5.68. The van der Waals surface area contributed by atoms with Crippen molar-refractivity contribution in [2.24, 2.45) is 5.92 Å². The van der Waals surface area contributed by atoms with Gasteiger partial charge in [-0.3, -0.25) is 0 Å². The van der Waals surface area contributed by atoms with E-state index in [4.69, 9.17) is 0 Å². The molecule has 0 N–H and O–H groups in total. The SMILES string of the molecule is CCC(C)CN(CC)CC(C)(C=O)c1ccccc1. The number of rotatable bonds is 8. The summed E-state index contributed by atoms with van der Waals surface area (Å²) in [5, 5.41) is 0. The van der Waals surface area contributed by atoms with E-state index in [1.54, 1.807) is 0 Å². The summed E-state index contributed by atoms with van der Waals surface area (Å²) in [5.74, 6) is 0.673. The Morgan fingerprint density at radius 1 is 1.26 bits per heavy atom. The van der Waals surface area contributed by atoms with Gasteiger partial charge < -0.3 is 9.69 Å². The van der Waals surface area contributed by atoms with Crippen molar-refractivity contribution in [3.8, 4) is 0 Å². The molecule has 1 aromatic carbocycles. The fraction of sp³-hybridized carbons (Fsp3) is 0.588. The zero-order chi connectivity index (χ0) is 14.3. The predicted molar refractivity (Wildman–Crippen MR) is 81.4 cm³/mol. The summed E-state index contributed by atoms with van der Waals surface area (Å²) >= 11 is 0. The first-order valence-corrected chi connectivity index (χ1v) is 7.30. The minimum atomic E-state index is -0.412. The molecular weight excluding hydrogens is 234 g/mol. The molecule has 0 aromatic heterocycles. The average Bonchev–Trinajstić information content (AvgIpc) is 2.47. The summed E-state index contributed by atoms with van der Waals surface area (Å²) in [6.45, 7) is 11.5. The highest BCUT2D eigenvalue weighted by Gasteiger charge is 2.28. The predicted octanol–water partition coefficient (Wildman–Crippen LogP) is 3.51. The molecule has 2 unspecified atom stereocenters. The largest absolute Gasteiger partial charge is 0.302 e. The van der Waals surface area contributed by atoms with E-state index in [-0.39, 0.29) is 0 Å². The van der Waals surface area contributed by atoms with Crippen molar-refractivity contribution >= 4 is 6.29 Å². The first-order valence-electron chi connectivity index (χ1n) is 7.30. The lowest BCUT2D eigenvalue weighted by molar-refractivity contribution is -0.112. The molecule has 0 bridgehead atoms. The van der Waals surface area contributed by atoms with Crippen LogP contribution in [-0.4, -0.2) is 30.8 Å². The molecule has 1 rings (SSSR count). The Hall–Kier alpha value is -1.15. The molecule has 0 amide bonds. The topological polar surface area (TPSA) is 20.3 Å². The lowest BCUT2D eigenvalue weighted by Gasteiger charge is -2.32. The average molecular weight is 261 g/mol. The number of carbonyl (C=O) groups excluding carboxylic acids is 1. The summed E-state index contributed by atoms with van der Waals surface area (Å²) in [5.41, 5.74) is 0.692. The van der Waals surface area contributed by atoms with Gasteiger partial charge in [0.15, 0.2) is 0 Å². The third kappa shape index (κ3) is 4.46. The van der Waals surface area contributed by atoms with Crippen LogP contribution < -0.4 is 0 Å². The summed E-state index contributed by atoms with van der Waals surface area (Å²) in [6, 6.07) is 10.1. The molecule has 0 saturated heterocycles. The highest BCUT2D eigenvalue weighted by Crippen LogP contribution is 2.23. The Balaban J connectivity index is 2.82. The second-order valence-electron chi connectivity index (χ2n) is 5.74. The van der Waals surface area contributed by atoms with Gasteiger partial charge in [0.1, 0.15) is 6.29 Å².